The first-order chi connectivity index (χ1) is 15.1. The van der Waals surface area contributed by atoms with Crippen LogP contribution in [0.1, 0.15) is 67.9 Å². The van der Waals surface area contributed by atoms with Gasteiger partial charge in [0.05, 0.1) is 0 Å². The minimum absolute atomic E-state index is 0.167. The van der Waals surface area contributed by atoms with E-state index < -0.39 is 0 Å². The Bertz CT molecular complexity index is 921. The number of benzene rings is 3. The summed E-state index contributed by atoms with van der Waals surface area (Å²) in [4.78, 5) is 9.44. The summed E-state index contributed by atoms with van der Waals surface area (Å²) in [5.74, 6) is 0.524. The van der Waals surface area contributed by atoms with Gasteiger partial charge in [0.2, 0.25) is 0 Å². The number of anilines is 1. The summed E-state index contributed by atoms with van der Waals surface area (Å²) in [5.41, 5.74) is 13.5. The van der Waals surface area contributed by atoms with Crippen LogP contribution in [0.4, 0.5) is 10.1 Å². The molecular weight excluding hydrogens is 397 g/mol. The fraction of sp³-hybridized carbons (Fsp3) is 0.345. The molecule has 3 aromatic rings. The van der Waals surface area contributed by atoms with Gasteiger partial charge in [-0.3, -0.25) is 0 Å². The van der Waals surface area contributed by atoms with Crippen LogP contribution in [0.5, 0.6) is 0 Å². The third kappa shape index (κ3) is 10.9. The van der Waals surface area contributed by atoms with E-state index in [9.17, 15) is 9.18 Å². The molecule has 0 aliphatic carbocycles. The lowest BCUT2D eigenvalue weighted by molar-refractivity contribution is -0.114. The summed E-state index contributed by atoms with van der Waals surface area (Å²) in [5, 5.41) is 0. The highest BCUT2D eigenvalue weighted by atomic mass is 19.1. The van der Waals surface area contributed by atoms with Crippen LogP contribution < -0.4 is 5.73 Å². The van der Waals surface area contributed by atoms with Crippen molar-refractivity contribution in [3.8, 4) is 0 Å². The molecule has 32 heavy (non-hydrogen) atoms. The number of halogens is 1. The number of hydrogen-bond donors (Lipinski definition) is 1. The van der Waals surface area contributed by atoms with Crippen molar-refractivity contribution in [3.05, 3.63) is 100 Å². The van der Waals surface area contributed by atoms with Crippen LogP contribution in [0.25, 0.3) is 0 Å². The minimum Gasteiger partial charge on any atom is -0.399 e. The van der Waals surface area contributed by atoms with Gasteiger partial charge in [-0.1, -0.05) is 73.9 Å². The number of carbonyl (C=O) groups is 1. The maximum atomic E-state index is 12.1. The monoisotopic (exact) mass is 435 g/mol. The average molecular weight is 436 g/mol. The molecule has 1 atom stereocenters. The Hall–Kier alpha value is -2.94. The number of aryl methyl sites for hydroxylation is 3. The van der Waals surface area contributed by atoms with Crippen molar-refractivity contribution >= 4 is 11.5 Å². The lowest BCUT2D eigenvalue weighted by atomic mass is 9.88. The average Bonchev–Trinajstić information content (AvgIpc) is 2.72. The van der Waals surface area contributed by atoms with Gasteiger partial charge < -0.3 is 10.5 Å². The first kappa shape index (κ1) is 27.1. The highest BCUT2D eigenvalue weighted by Gasteiger charge is 2.11. The molecule has 2 N–H and O–H groups in total. The predicted octanol–water partition coefficient (Wildman–Crippen LogP) is 7.61. The third-order valence-corrected chi connectivity index (χ3v) is 4.89. The molecule has 0 spiro atoms. The Kier molecular flexibility index (Phi) is 12.0. The molecule has 0 radical (unpaired) electrons. The van der Waals surface area contributed by atoms with E-state index in [0.29, 0.717) is 5.92 Å². The predicted molar refractivity (Wildman–Crippen MR) is 136 cm³/mol. The van der Waals surface area contributed by atoms with E-state index in [1.807, 2.05) is 13.0 Å². The molecule has 0 amide bonds. The Morgan fingerprint density at radius 2 is 1.41 bits per heavy atom. The van der Waals surface area contributed by atoms with E-state index in [-0.39, 0.29) is 11.6 Å². The summed E-state index contributed by atoms with van der Waals surface area (Å²) < 4.78 is 12.1. The van der Waals surface area contributed by atoms with Gasteiger partial charge in [0.1, 0.15) is 11.6 Å². The van der Waals surface area contributed by atoms with E-state index in [0.717, 1.165) is 30.5 Å². The molecule has 0 fully saturated rings. The number of hydrogen-bond acceptors (Lipinski definition) is 2. The van der Waals surface area contributed by atoms with Crippen LogP contribution >= 0.6 is 0 Å². The minimum atomic E-state index is -0.171. The largest absolute Gasteiger partial charge is 0.399 e. The number of Topliss-reactive ketones (excluding diaryl/α,β-unsaturated/α-hetero) is 1. The molecule has 3 heteroatoms. The van der Waals surface area contributed by atoms with Crippen LogP contribution in [0.2, 0.25) is 0 Å². The van der Waals surface area contributed by atoms with E-state index in [4.69, 9.17) is 5.73 Å². The van der Waals surface area contributed by atoms with Crippen molar-refractivity contribution in [1.29, 1.82) is 0 Å². The Morgan fingerprint density at radius 1 is 0.906 bits per heavy atom. The smallest absolute Gasteiger partial charge is 0.126 e. The summed E-state index contributed by atoms with van der Waals surface area (Å²) in [6, 6.07) is 21.6. The molecule has 0 heterocycles. The summed E-state index contributed by atoms with van der Waals surface area (Å²) in [7, 11) is 0. The number of carbonyl (C=O) groups excluding carboxylic acids is 1. The van der Waals surface area contributed by atoms with Crippen molar-refractivity contribution in [2.75, 3.05) is 5.73 Å². The SMILES string of the molecule is CC(C)=O.CCCc1cc(N)ccc1C(C)Cc1ccc(C)cc1.Cc1ccc(F)cc1. The topological polar surface area (TPSA) is 43.1 Å². The van der Waals surface area contributed by atoms with Crippen LogP contribution in [0.15, 0.2) is 66.7 Å². The van der Waals surface area contributed by atoms with Crippen LogP contribution in [0, 0.1) is 19.7 Å². The number of rotatable bonds is 5. The zero-order chi connectivity index (χ0) is 24.1. The molecule has 0 saturated heterocycles. The molecule has 3 rings (SSSR count). The molecule has 1 unspecified atom stereocenters. The van der Waals surface area contributed by atoms with Gasteiger partial charge in [0.25, 0.3) is 0 Å². The standard InChI is InChI=1S/C19H25N.C7H7F.C3H6O/c1-4-5-17-13-18(20)10-11-19(17)15(3)12-16-8-6-14(2)7-9-16;1-6-2-4-7(8)5-3-6;1-3(2)4/h6-11,13,15H,4-5,12,20H2,1-3H3;2-5H,1H3;1-2H3. The van der Waals surface area contributed by atoms with Gasteiger partial charge in [-0.15, -0.1) is 0 Å². The number of nitrogens with two attached hydrogens (primary N) is 1. The van der Waals surface area contributed by atoms with E-state index in [2.05, 4.69) is 57.2 Å². The molecular formula is C29H38FNO. The number of ketones is 1. The first-order valence-electron chi connectivity index (χ1n) is 11.3. The first-order valence-corrected chi connectivity index (χ1v) is 11.3. The molecule has 0 saturated carbocycles. The fourth-order valence-electron chi connectivity index (χ4n) is 3.31. The highest BCUT2D eigenvalue weighted by Crippen LogP contribution is 2.26. The van der Waals surface area contributed by atoms with Gasteiger partial charge in [0.15, 0.2) is 0 Å². The van der Waals surface area contributed by atoms with Crippen molar-refractivity contribution < 1.29 is 9.18 Å². The maximum Gasteiger partial charge on any atom is 0.126 e. The van der Waals surface area contributed by atoms with Crippen LogP contribution in [-0.4, -0.2) is 5.78 Å². The van der Waals surface area contributed by atoms with Gasteiger partial charge in [-0.05, 0) is 87.4 Å². The van der Waals surface area contributed by atoms with E-state index in [1.165, 1.54) is 48.2 Å². The Morgan fingerprint density at radius 3 is 1.88 bits per heavy atom. The quantitative estimate of drug-likeness (QED) is 0.419. The van der Waals surface area contributed by atoms with Gasteiger partial charge in [-0.25, -0.2) is 4.39 Å². The molecule has 0 bridgehead atoms. The lowest BCUT2D eigenvalue weighted by Gasteiger charge is -2.17. The summed E-state index contributed by atoms with van der Waals surface area (Å²) in [6.45, 7) is 11.6. The third-order valence-electron chi connectivity index (χ3n) is 4.89. The van der Waals surface area contributed by atoms with E-state index in [1.54, 1.807) is 12.1 Å². The van der Waals surface area contributed by atoms with Gasteiger partial charge in [-0.2, -0.15) is 0 Å². The second-order valence-corrected chi connectivity index (χ2v) is 8.50. The number of nitrogen functional groups attached to an aromatic ring is 1. The Balaban J connectivity index is 0.000000350. The molecule has 3 aromatic carbocycles. The zero-order valence-corrected chi connectivity index (χ0v) is 20.4. The van der Waals surface area contributed by atoms with Gasteiger partial charge in [0, 0.05) is 5.69 Å². The fourth-order valence-corrected chi connectivity index (χ4v) is 3.31. The lowest BCUT2D eigenvalue weighted by Crippen LogP contribution is -2.04. The molecule has 2 nitrogen and oxygen atoms in total. The Labute approximate surface area is 193 Å². The van der Waals surface area contributed by atoms with Crippen molar-refractivity contribution in [2.24, 2.45) is 0 Å². The molecule has 172 valence electrons. The van der Waals surface area contributed by atoms with Crippen molar-refractivity contribution in [1.82, 2.24) is 0 Å². The second kappa shape index (κ2) is 14.2. The summed E-state index contributed by atoms with van der Waals surface area (Å²) >= 11 is 0. The van der Waals surface area contributed by atoms with Gasteiger partial charge >= 0.3 is 0 Å². The molecule has 0 aromatic heterocycles. The van der Waals surface area contributed by atoms with Crippen LogP contribution in [0.3, 0.4) is 0 Å². The van der Waals surface area contributed by atoms with Crippen molar-refractivity contribution in [3.63, 3.8) is 0 Å². The second-order valence-electron chi connectivity index (χ2n) is 8.50. The normalized spacial score (nSPS) is 10.8. The zero-order valence-electron chi connectivity index (χ0n) is 20.4. The maximum absolute atomic E-state index is 12.1. The summed E-state index contributed by atoms with van der Waals surface area (Å²) in [6.07, 6.45) is 3.35. The van der Waals surface area contributed by atoms with E-state index >= 15 is 0 Å². The van der Waals surface area contributed by atoms with Crippen molar-refractivity contribution in [2.45, 2.75) is 66.7 Å². The molecule has 0 aliphatic heterocycles. The van der Waals surface area contributed by atoms with Crippen LogP contribution in [-0.2, 0) is 17.6 Å². The highest BCUT2D eigenvalue weighted by molar-refractivity contribution is 5.72. The molecule has 0 aliphatic rings.